The molecule has 1 heterocycles. The second-order valence-corrected chi connectivity index (χ2v) is 3.47. The van der Waals surface area contributed by atoms with Crippen LogP contribution in [0.25, 0.3) is 0 Å². The van der Waals surface area contributed by atoms with E-state index in [0.717, 1.165) is 5.56 Å². The van der Waals surface area contributed by atoms with Crippen molar-refractivity contribution >= 4 is 5.91 Å². The molecule has 1 amide bonds. The first-order chi connectivity index (χ1) is 7.65. The van der Waals surface area contributed by atoms with Crippen molar-refractivity contribution in [2.24, 2.45) is 5.73 Å². The second kappa shape index (κ2) is 4.14. The van der Waals surface area contributed by atoms with Gasteiger partial charge in [-0.05, 0) is 24.6 Å². The van der Waals surface area contributed by atoms with Gasteiger partial charge in [0.2, 0.25) is 5.91 Å². The quantitative estimate of drug-likeness (QED) is 0.815. The number of rotatable bonds is 3. The van der Waals surface area contributed by atoms with E-state index in [9.17, 15) is 4.79 Å². The Morgan fingerprint density at radius 1 is 1.50 bits per heavy atom. The highest BCUT2D eigenvalue weighted by molar-refractivity contribution is 5.92. The molecule has 0 atom stereocenters. The zero-order chi connectivity index (χ0) is 11.5. The number of hydrogen-bond acceptors (Lipinski definition) is 3. The van der Waals surface area contributed by atoms with Gasteiger partial charge in [-0.3, -0.25) is 4.79 Å². The number of benzene rings is 1. The molecule has 0 fully saturated rings. The first-order valence-electron chi connectivity index (χ1n) is 4.76. The molecule has 1 radical (unpaired) electrons. The normalized spacial score (nSPS) is 10.3. The van der Waals surface area contributed by atoms with E-state index in [1.165, 1.54) is 0 Å². The zero-order valence-electron chi connectivity index (χ0n) is 8.63. The van der Waals surface area contributed by atoms with Crippen LogP contribution in [0.2, 0.25) is 0 Å². The molecule has 2 N–H and O–H groups in total. The Morgan fingerprint density at radius 2 is 2.31 bits per heavy atom. The van der Waals surface area contributed by atoms with Crippen LogP contribution >= 0.6 is 0 Å². The average molecular weight is 215 g/mol. The molecule has 5 nitrogen and oxygen atoms in total. The molecule has 0 aliphatic carbocycles. The van der Waals surface area contributed by atoms with Gasteiger partial charge < -0.3 is 5.73 Å². The molecular formula is C11H11N4O. The zero-order valence-corrected chi connectivity index (χ0v) is 8.63. The fourth-order valence-electron chi connectivity index (χ4n) is 1.43. The Kier molecular flexibility index (Phi) is 2.68. The van der Waals surface area contributed by atoms with Crippen LogP contribution in [0, 0.1) is 6.92 Å². The predicted octanol–water partition coefficient (Wildman–Crippen LogP) is 0.607. The summed E-state index contributed by atoms with van der Waals surface area (Å²) in [5.74, 6) is -0.432. The van der Waals surface area contributed by atoms with Crippen LogP contribution in [0.15, 0.2) is 30.5 Å². The molecule has 0 saturated carbocycles. The van der Waals surface area contributed by atoms with Crippen LogP contribution in [-0.4, -0.2) is 20.9 Å². The largest absolute Gasteiger partial charge is 0.366 e. The smallest absolute Gasteiger partial charge is 0.248 e. The van der Waals surface area contributed by atoms with Gasteiger partial charge in [-0.1, -0.05) is 17.3 Å². The molecule has 0 aliphatic heterocycles. The minimum atomic E-state index is -0.432. The van der Waals surface area contributed by atoms with Gasteiger partial charge in [0.15, 0.2) is 0 Å². The van der Waals surface area contributed by atoms with E-state index in [1.807, 2.05) is 6.07 Å². The van der Waals surface area contributed by atoms with Crippen molar-refractivity contribution in [3.05, 3.63) is 54.2 Å². The minimum absolute atomic E-state index is 0.432. The third-order valence-corrected chi connectivity index (χ3v) is 2.14. The number of nitrogens with zero attached hydrogens (tertiary/aromatic N) is 3. The maximum absolute atomic E-state index is 11.0. The number of nitrogens with two attached hydrogens (primary N) is 1. The Morgan fingerprint density at radius 3 is 2.94 bits per heavy atom. The third kappa shape index (κ3) is 2.25. The Balaban J connectivity index is 2.21. The monoisotopic (exact) mass is 215 g/mol. The molecule has 1 aromatic carbocycles. The van der Waals surface area contributed by atoms with Crippen molar-refractivity contribution in [3.8, 4) is 0 Å². The summed E-state index contributed by atoms with van der Waals surface area (Å²) in [6, 6.07) is 7.11. The average Bonchev–Trinajstić information content (AvgIpc) is 2.64. The summed E-state index contributed by atoms with van der Waals surface area (Å²) in [4.78, 5) is 11.0. The molecular weight excluding hydrogens is 204 g/mol. The van der Waals surface area contributed by atoms with Crippen LogP contribution in [0.3, 0.4) is 0 Å². The standard InChI is InChI=1S/C11H11N4O/c1-8-6-15(14-13-8)7-9-3-2-4-10(5-9)11(12)16/h2-6H,1,7H2,(H2,12,16). The lowest BCUT2D eigenvalue weighted by molar-refractivity contribution is 0.1000. The maximum Gasteiger partial charge on any atom is 0.248 e. The molecule has 0 unspecified atom stereocenters. The first kappa shape index (κ1) is 10.4. The van der Waals surface area contributed by atoms with E-state index in [0.29, 0.717) is 17.8 Å². The molecule has 1 aromatic heterocycles. The lowest BCUT2D eigenvalue weighted by atomic mass is 10.1. The molecule has 81 valence electrons. The number of carbonyl (C=O) groups is 1. The Labute approximate surface area is 92.9 Å². The lowest BCUT2D eigenvalue weighted by Crippen LogP contribution is -2.11. The number of carbonyl (C=O) groups excluding carboxylic acids is 1. The SMILES string of the molecule is [CH2]c1cn(Cc2cccc(C(N)=O)c2)nn1. The summed E-state index contributed by atoms with van der Waals surface area (Å²) < 4.78 is 1.66. The number of aromatic nitrogens is 3. The highest BCUT2D eigenvalue weighted by Gasteiger charge is 2.02. The molecule has 5 heteroatoms. The van der Waals surface area contributed by atoms with Crippen molar-refractivity contribution < 1.29 is 4.79 Å². The summed E-state index contributed by atoms with van der Waals surface area (Å²) in [7, 11) is 0. The van der Waals surface area contributed by atoms with E-state index < -0.39 is 5.91 Å². The lowest BCUT2D eigenvalue weighted by Gasteiger charge is -2.02. The van der Waals surface area contributed by atoms with Gasteiger partial charge >= 0.3 is 0 Å². The predicted molar refractivity (Wildman–Crippen MR) is 58.5 cm³/mol. The van der Waals surface area contributed by atoms with Crippen molar-refractivity contribution in [2.45, 2.75) is 6.54 Å². The maximum atomic E-state index is 11.0. The first-order valence-corrected chi connectivity index (χ1v) is 4.76. The molecule has 2 rings (SSSR count). The molecule has 2 aromatic rings. The fraction of sp³-hybridized carbons (Fsp3) is 0.0909. The number of hydrogen-bond donors (Lipinski definition) is 1. The van der Waals surface area contributed by atoms with Crippen LogP contribution in [0.4, 0.5) is 0 Å². The van der Waals surface area contributed by atoms with E-state index in [1.54, 1.807) is 29.1 Å². The van der Waals surface area contributed by atoms with Crippen molar-refractivity contribution in [2.75, 3.05) is 0 Å². The van der Waals surface area contributed by atoms with Crippen molar-refractivity contribution in [1.82, 2.24) is 15.0 Å². The fourth-order valence-corrected chi connectivity index (χ4v) is 1.43. The van der Waals surface area contributed by atoms with Gasteiger partial charge in [0.25, 0.3) is 0 Å². The molecule has 0 spiro atoms. The summed E-state index contributed by atoms with van der Waals surface area (Å²) in [6.45, 7) is 4.21. The number of primary amides is 1. The van der Waals surface area contributed by atoms with Crippen molar-refractivity contribution in [1.29, 1.82) is 0 Å². The van der Waals surface area contributed by atoms with Gasteiger partial charge in [0, 0.05) is 11.8 Å². The van der Waals surface area contributed by atoms with Crippen LogP contribution < -0.4 is 5.73 Å². The molecule has 0 bridgehead atoms. The van der Waals surface area contributed by atoms with Crippen LogP contribution in [-0.2, 0) is 6.54 Å². The number of amides is 1. The topological polar surface area (TPSA) is 73.8 Å². The second-order valence-electron chi connectivity index (χ2n) is 3.47. The summed E-state index contributed by atoms with van der Waals surface area (Å²) in [5, 5.41) is 7.65. The minimum Gasteiger partial charge on any atom is -0.366 e. The third-order valence-electron chi connectivity index (χ3n) is 2.14. The highest BCUT2D eigenvalue weighted by atomic mass is 16.1. The van der Waals surface area contributed by atoms with E-state index in [4.69, 9.17) is 5.73 Å². The van der Waals surface area contributed by atoms with E-state index in [2.05, 4.69) is 17.2 Å². The van der Waals surface area contributed by atoms with Gasteiger partial charge in [-0.15, -0.1) is 5.10 Å². The molecule has 0 aliphatic rings. The Bertz CT molecular complexity index is 518. The van der Waals surface area contributed by atoms with Gasteiger partial charge in [0.1, 0.15) is 0 Å². The summed E-state index contributed by atoms with van der Waals surface area (Å²) in [5.41, 5.74) is 7.25. The highest BCUT2D eigenvalue weighted by Crippen LogP contribution is 2.06. The van der Waals surface area contributed by atoms with E-state index in [-0.39, 0.29) is 0 Å². The van der Waals surface area contributed by atoms with Gasteiger partial charge in [-0.2, -0.15) is 0 Å². The van der Waals surface area contributed by atoms with E-state index >= 15 is 0 Å². The molecule has 16 heavy (non-hydrogen) atoms. The summed E-state index contributed by atoms with van der Waals surface area (Å²) >= 11 is 0. The van der Waals surface area contributed by atoms with Gasteiger partial charge in [0.05, 0.1) is 12.2 Å². The Hall–Kier alpha value is -2.17. The van der Waals surface area contributed by atoms with Crippen molar-refractivity contribution in [3.63, 3.8) is 0 Å². The summed E-state index contributed by atoms with van der Waals surface area (Å²) in [6.07, 6.45) is 1.73. The molecule has 0 saturated heterocycles. The van der Waals surface area contributed by atoms with Crippen LogP contribution in [0.1, 0.15) is 21.6 Å². The van der Waals surface area contributed by atoms with Crippen LogP contribution in [0.5, 0.6) is 0 Å². The van der Waals surface area contributed by atoms with Gasteiger partial charge in [-0.25, -0.2) is 4.68 Å².